The maximum Gasteiger partial charge on any atom is 0.289 e. The van der Waals surface area contributed by atoms with E-state index in [2.05, 4.69) is 5.32 Å². The first-order valence-electron chi connectivity index (χ1n) is 10.1. The maximum atomic E-state index is 12.4. The van der Waals surface area contributed by atoms with E-state index in [1.54, 1.807) is 43.5 Å². The number of rotatable bonds is 10. The van der Waals surface area contributed by atoms with E-state index in [9.17, 15) is 14.7 Å². The quantitative estimate of drug-likeness (QED) is 0.507. The number of carbonyl (C=O) groups is 2. The highest BCUT2D eigenvalue weighted by Crippen LogP contribution is 2.23. The third-order valence-corrected chi connectivity index (χ3v) is 5.74. The Morgan fingerprint density at radius 1 is 1.12 bits per heavy atom. The lowest BCUT2D eigenvalue weighted by atomic mass is 10.1. The summed E-state index contributed by atoms with van der Waals surface area (Å²) in [6.45, 7) is 0.896. The normalized spacial score (nSPS) is 13.5. The lowest BCUT2D eigenvalue weighted by molar-refractivity contribution is -0.128. The zero-order valence-electron chi connectivity index (χ0n) is 17.6. The molecule has 0 fully saturated rings. The summed E-state index contributed by atoms with van der Waals surface area (Å²) in [7, 11) is 1.58. The van der Waals surface area contributed by atoms with Gasteiger partial charge in [0, 0.05) is 6.54 Å². The van der Waals surface area contributed by atoms with E-state index < -0.39 is 17.6 Å². The number of aliphatic hydroxyl groups is 1. The number of halogens is 2. The number of nitrogens with one attached hydrogen (secondary N) is 1. The Bertz CT molecular complexity index is 1010. The smallest absolute Gasteiger partial charge is 0.289 e. The molecule has 2 amide bonds. The van der Waals surface area contributed by atoms with Crippen LogP contribution in [0, 0.1) is 0 Å². The van der Waals surface area contributed by atoms with Crippen molar-refractivity contribution in [2.24, 2.45) is 0 Å². The number of nitrogens with zero attached hydrogens (tertiary/aromatic N) is 1. The molecule has 3 rings (SSSR count). The molecule has 0 aromatic heterocycles. The van der Waals surface area contributed by atoms with Crippen LogP contribution in [0.2, 0.25) is 10.0 Å². The Kier molecular flexibility index (Phi) is 8.25. The average molecular weight is 479 g/mol. The minimum absolute atomic E-state index is 0.0370. The van der Waals surface area contributed by atoms with Gasteiger partial charge in [-0.1, -0.05) is 29.3 Å². The molecule has 0 spiro atoms. The minimum atomic E-state index is -0.579. The molecule has 7 nitrogen and oxygen atoms in total. The summed E-state index contributed by atoms with van der Waals surface area (Å²) in [6, 6.07) is 12.5. The minimum Gasteiger partial charge on any atom is -0.503 e. The fourth-order valence-electron chi connectivity index (χ4n) is 3.22. The van der Waals surface area contributed by atoms with Crippen molar-refractivity contribution in [1.82, 2.24) is 10.2 Å². The molecule has 1 aliphatic rings. The number of benzene rings is 2. The Labute approximate surface area is 196 Å². The van der Waals surface area contributed by atoms with Gasteiger partial charge in [-0.15, -0.1) is 0 Å². The number of carbonyl (C=O) groups excluding carboxylic acids is 2. The van der Waals surface area contributed by atoms with Crippen LogP contribution in [0.4, 0.5) is 0 Å². The van der Waals surface area contributed by atoms with Gasteiger partial charge in [-0.3, -0.25) is 9.59 Å². The largest absolute Gasteiger partial charge is 0.503 e. The lowest BCUT2D eigenvalue weighted by Gasteiger charge is -2.16. The molecule has 0 unspecified atom stereocenters. The van der Waals surface area contributed by atoms with E-state index in [-0.39, 0.29) is 25.3 Å². The van der Waals surface area contributed by atoms with E-state index in [1.807, 2.05) is 6.07 Å². The number of aryl methyl sites for hydroxylation is 1. The highest BCUT2D eigenvalue weighted by molar-refractivity contribution is 6.42. The van der Waals surface area contributed by atoms with Crippen LogP contribution in [0.3, 0.4) is 0 Å². The van der Waals surface area contributed by atoms with Crippen molar-refractivity contribution >= 4 is 35.0 Å². The van der Waals surface area contributed by atoms with Gasteiger partial charge >= 0.3 is 0 Å². The second-order valence-electron chi connectivity index (χ2n) is 7.19. The standard InChI is InChI=1S/C23H24Cl2N2O5/c1-31-16-5-7-17(8-6-16)32-12-11-27-14-18(21(28)23(27)30)22(29)26-10-2-3-15-4-9-19(24)20(25)13-15/h4-9,13,28H,2-3,10-12,14H2,1H3,(H,26,29). The van der Waals surface area contributed by atoms with Gasteiger partial charge in [0.2, 0.25) is 0 Å². The van der Waals surface area contributed by atoms with E-state index in [0.29, 0.717) is 40.9 Å². The molecular formula is C23H24Cl2N2O5. The first kappa shape index (κ1) is 23.8. The van der Waals surface area contributed by atoms with Gasteiger partial charge in [0.1, 0.15) is 18.1 Å². The number of aliphatic hydroxyl groups excluding tert-OH is 1. The second-order valence-corrected chi connectivity index (χ2v) is 8.00. The highest BCUT2D eigenvalue weighted by atomic mass is 35.5. The van der Waals surface area contributed by atoms with Crippen LogP contribution in [0.15, 0.2) is 53.8 Å². The van der Waals surface area contributed by atoms with Crippen LogP contribution in [0.5, 0.6) is 11.5 Å². The molecule has 0 aliphatic carbocycles. The molecule has 0 bridgehead atoms. The molecule has 2 aromatic rings. The van der Waals surface area contributed by atoms with Crippen molar-refractivity contribution in [3.05, 3.63) is 69.4 Å². The zero-order chi connectivity index (χ0) is 23.1. The lowest BCUT2D eigenvalue weighted by Crippen LogP contribution is -2.33. The van der Waals surface area contributed by atoms with Gasteiger partial charge in [0.05, 0.1) is 35.8 Å². The Morgan fingerprint density at radius 3 is 2.53 bits per heavy atom. The predicted octanol–water partition coefficient (Wildman–Crippen LogP) is 3.78. The third-order valence-electron chi connectivity index (χ3n) is 5.00. The van der Waals surface area contributed by atoms with Crippen LogP contribution >= 0.6 is 23.2 Å². The molecule has 2 N–H and O–H groups in total. The molecular weight excluding hydrogens is 455 g/mol. The fourth-order valence-corrected chi connectivity index (χ4v) is 3.54. The number of ether oxygens (including phenoxy) is 2. The van der Waals surface area contributed by atoms with Crippen molar-refractivity contribution in [3.8, 4) is 11.5 Å². The van der Waals surface area contributed by atoms with Gasteiger partial charge in [-0.05, 0) is 54.8 Å². The van der Waals surface area contributed by atoms with Crippen molar-refractivity contribution in [1.29, 1.82) is 0 Å². The molecule has 170 valence electrons. The molecule has 1 heterocycles. The summed E-state index contributed by atoms with van der Waals surface area (Å²) < 4.78 is 10.7. The summed E-state index contributed by atoms with van der Waals surface area (Å²) in [5.41, 5.74) is 1.07. The Morgan fingerprint density at radius 2 is 1.84 bits per heavy atom. The zero-order valence-corrected chi connectivity index (χ0v) is 19.1. The number of hydrogen-bond acceptors (Lipinski definition) is 5. The van der Waals surface area contributed by atoms with Crippen molar-refractivity contribution in [3.63, 3.8) is 0 Å². The van der Waals surface area contributed by atoms with Crippen LogP contribution in [-0.2, 0) is 16.0 Å². The molecule has 32 heavy (non-hydrogen) atoms. The van der Waals surface area contributed by atoms with Gasteiger partial charge in [-0.2, -0.15) is 0 Å². The number of amides is 2. The molecule has 0 saturated heterocycles. The molecule has 9 heteroatoms. The first-order valence-corrected chi connectivity index (χ1v) is 10.8. The molecule has 2 aromatic carbocycles. The SMILES string of the molecule is COc1ccc(OCCN2CC(C(=O)NCCCc3ccc(Cl)c(Cl)c3)=C(O)C2=O)cc1. The maximum absolute atomic E-state index is 12.4. The Hall–Kier alpha value is -2.90. The van der Waals surface area contributed by atoms with E-state index in [0.717, 1.165) is 5.56 Å². The first-order chi connectivity index (χ1) is 15.4. The van der Waals surface area contributed by atoms with Crippen LogP contribution < -0.4 is 14.8 Å². The van der Waals surface area contributed by atoms with E-state index in [1.165, 1.54) is 4.90 Å². The summed E-state index contributed by atoms with van der Waals surface area (Å²) in [6.07, 6.45) is 1.38. The van der Waals surface area contributed by atoms with Crippen LogP contribution in [-0.4, -0.2) is 55.2 Å². The number of methoxy groups -OCH3 is 1. The fraction of sp³-hybridized carbons (Fsp3) is 0.304. The topological polar surface area (TPSA) is 88.1 Å². The Balaban J connectivity index is 1.42. The second kappa shape index (κ2) is 11.1. The van der Waals surface area contributed by atoms with Crippen molar-refractivity contribution < 1.29 is 24.2 Å². The molecule has 1 aliphatic heterocycles. The third kappa shape index (κ3) is 6.08. The van der Waals surface area contributed by atoms with E-state index >= 15 is 0 Å². The summed E-state index contributed by atoms with van der Waals surface area (Å²) in [4.78, 5) is 26.1. The highest BCUT2D eigenvalue weighted by Gasteiger charge is 2.33. The monoisotopic (exact) mass is 478 g/mol. The molecule has 0 radical (unpaired) electrons. The van der Waals surface area contributed by atoms with E-state index in [4.69, 9.17) is 32.7 Å². The van der Waals surface area contributed by atoms with Gasteiger partial charge in [0.25, 0.3) is 11.8 Å². The van der Waals surface area contributed by atoms with Crippen molar-refractivity contribution in [2.75, 3.05) is 33.4 Å². The number of hydrogen-bond donors (Lipinski definition) is 2. The van der Waals surface area contributed by atoms with Crippen molar-refractivity contribution in [2.45, 2.75) is 12.8 Å². The average Bonchev–Trinajstić information content (AvgIpc) is 3.08. The van der Waals surface area contributed by atoms with Gasteiger partial charge < -0.3 is 24.8 Å². The summed E-state index contributed by atoms with van der Waals surface area (Å²) >= 11 is 11.9. The van der Waals surface area contributed by atoms with Crippen LogP contribution in [0.1, 0.15) is 12.0 Å². The van der Waals surface area contributed by atoms with Gasteiger partial charge in [0.15, 0.2) is 5.76 Å². The summed E-state index contributed by atoms with van der Waals surface area (Å²) in [5, 5.41) is 13.8. The summed E-state index contributed by atoms with van der Waals surface area (Å²) in [5.74, 6) is -0.201. The van der Waals surface area contributed by atoms with Gasteiger partial charge in [-0.25, -0.2) is 0 Å². The van der Waals surface area contributed by atoms with Crippen LogP contribution in [0.25, 0.3) is 0 Å². The molecule has 0 atom stereocenters. The predicted molar refractivity (Wildman–Crippen MR) is 123 cm³/mol. The molecule has 0 saturated carbocycles.